The summed E-state index contributed by atoms with van der Waals surface area (Å²) < 4.78 is 25.9. The number of nitrogens with zero attached hydrogens (tertiary/aromatic N) is 1. The molecule has 1 heterocycles. The Kier molecular flexibility index (Phi) is 9.19. The first kappa shape index (κ1) is 27.8. The van der Waals surface area contributed by atoms with Crippen LogP contribution in [0, 0.1) is 5.82 Å². The van der Waals surface area contributed by atoms with Gasteiger partial charge in [0, 0.05) is 11.3 Å². The van der Waals surface area contributed by atoms with Crippen LogP contribution in [0.3, 0.4) is 0 Å². The fourth-order valence-electron chi connectivity index (χ4n) is 3.64. The molecule has 0 aromatic heterocycles. The van der Waals surface area contributed by atoms with Gasteiger partial charge in [-0.3, -0.25) is 14.5 Å². The van der Waals surface area contributed by atoms with Crippen molar-refractivity contribution < 1.29 is 23.5 Å². The number of nitrogens with one attached hydrogen (secondary N) is 1. The number of rotatable bonds is 9. The summed E-state index contributed by atoms with van der Waals surface area (Å²) in [6.07, 6.45) is 2.61. The molecule has 0 aliphatic carbocycles. The summed E-state index contributed by atoms with van der Waals surface area (Å²) in [6.45, 7) is 4.94. The number of ether oxygens (including phenoxy) is 2. The van der Waals surface area contributed by atoms with Gasteiger partial charge in [0.1, 0.15) is 5.82 Å². The number of hydrogen-bond acceptors (Lipinski definition) is 6. The van der Waals surface area contributed by atoms with Gasteiger partial charge in [-0.15, -0.1) is 0 Å². The van der Waals surface area contributed by atoms with E-state index in [2.05, 4.69) is 21.2 Å². The Balaban J connectivity index is 1.57. The number of thioether (sulfide) groups is 1. The molecule has 1 aliphatic rings. The van der Waals surface area contributed by atoms with Crippen molar-refractivity contribution in [1.82, 2.24) is 0 Å². The SMILES string of the molecule is CCCOc1c(Br)cc(/C=C2/SC(=S)N(c3cccc(C(=O)Nc4ccc(F)cc4)c3)C2=O)cc1OCC. The predicted octanol–water partition coefficient (Wildman–Crippen LogP) is 7.43. The molecule has 6 nitrogen and oxygen atoms in total. The molecule has 10 heteroatoms. The lowest BCUT2D eigenvalue weighted by molar-refractivity contribution is -0.113. The monoisotopic (exact) mass is 614 g/mol. The summed E-state index contributed by atoms with van der Waals surface area (Å²) in [7, 11) is 0. The van der Waals surface area contributed by atoms with Gasteiger partial charge in [0.05, 0.1) is 28.3 Å². The summed E-state index contributed by atoms with van der Waals surface area (Å²) in [5.41, 5.74) is 2.01. The van der Waals surface area contributed by atoms with Crippen LogP contribution in [-0.2, 0) is 4.79 Å². The highest BCUT2D eigenvalue weighted by molar-refractivity contribution is 9.10. The Morgan fingerprint density at radius 2 is 1.89 bits per heavy atom. The van der Waals surface area contributed by atoms with E-state index in [1.54, 1.807) is 30.3 Å². The maximum absolute atomic E-state index is 13.4. The minimum atomic E-state index is -0.394. The first-order chi connectivity index (χ1) is 18.3. The molecular weight excluding hydrogens is 591 g/mol. The molecule has 1 aliphatic heterocycles. The van der Waals surface area contributed by atoms with E-state index in [1.165, 1.54) is 40.9 Å². The van der Waals surface area contributed by atoms with Crippen molar-refractivity contribution in [3.63, 3.8) is 0 Å². The molecule has 0 saturated carbocycles. The van der Waals surface area contributed by atoms with Crippen LogP contribution in [0.25, 0.3) is 6.08 Å². The zero-order valence-corrected chi connectivity index (χ0v) is 23.8. The molecule has 1 fully saturated rings. The first-order valence-electron chi connectivity index (χ1n) is 11.8. The highest BCUT2D eigenvalue weighted by Crippen LogP contribution is 2.40. The number of hydrogen-bond donors (Lipinski definition) is 1. The highest BCUT2D eigenvalue weighted by Gasteiger charge is 2.33. The van der Waals surface area contributed by atoms with Crippen molar-refractivity contribution in [1.29, 1.82) is 0 Å². The van der Waals surface area contributed by atoms with Crippen LogP contribution in [0.1, 0.15) is 36.2 Å². The maximum atomic E-state index is 13.4. The van der Waals surface area contributed by atoms with Gasteiger partial charge in [0.2, 0.25) is 0 Å². The lowest BCUT2D eigenvalue weighted by atomic mass is 10.1. The zero-order chi connectivity index (χ0) is 27.2. The topological polar surface area (TPSA) is 67.9 Å². The van der Waals surface area contributed by atoms with Gasteiger partial charge in [0.25, 0.3) is 11.8 Å². The summed E-state index contributed by atoms with van der Waals surface area (Å²) in [5, 5.41) is 2.72. The van der Waals surface area contributed by atoms with Crippen molar-refractivity contribution in [2.45, 2.75) is 20.3 Å². The fourth-order valence-corrected chi connectivity index (χ4v) is 5.52. The zero-order valence-electron chi connectivity index (χ0n) is 20.6. The van der Waals surface area contributed by atoms with E-state index >= 15 is 0 Å². The first-order valence-corrected chi connectivity index (χ1v) is 13.9. The largest absolute Gasteiger partial charge is 0.490 e. The number of carbonyl (C=O) groups excluding carboxylic acids is 2. The Hall–Kier alpha value is -3.21. The number of thiocarbonyl (C=S) groups is 1. The third kappa shape index (κ3) is 6.43. The van der Waals surface area contributed by atoms with E-state index in [4.69, 9.17) is 21.7 Å². The molecular formula is C28H24BrFN2O4S2. The average Bonchev–Trinajstić information content (AvgIpc) is 3.17. The van der Waals surface area contributed by atoms with E-state index in [0.29, 0.717) is 50.9 Å². The minimum Gasteiger partial charge on any atom is -0.490 e. The molecule has 4 rings (SSSR count). The summed E-state index contributed by atoms with van der Waals surface area (Å²) in [5.74, 6) is 0.121. The molecule has 0 bridgehead atoms. The molecule has 0 spiro atoms. The Labute approximate surface area is 238 Å². The van der Waals surface area contributed by atoms with Crippen LogP contribution >= 0.6 is 39.9 Å². The van der Waals surface area contributed by atoms with Crippen LogP contribution in [-0.4, -0.2) is 29.3 Å². The second kappa shape index (κ2) is 12.6. The highest BCUT2D eigenvalue weighted by atomic mass is 79.9. The number of anilines is 2. The van der Waals surface area contributed by atoms with Crippen molar-refractivity contribution >= 4 is 73.5 Å². The molecule has 3 aromatic carbocycles. The van der Waals surface area contributed by atoms with Crippen LogP contribution < -0.4 is 19.7 Å². The summed E-state index contributed by atoms with van der Waals surface area (Å²) in [4.78, 5) is 28.0. The van der Waals surface area contributed by atoms with E-state index in [1.807, 2.05) is 26.0 Å². The van der Waals surface area contributed by atoms with Gasteiger partial charge in [-0.25, -0.2) is 4.39 Å². The number of carbonyl (C=O) groups is 2. The normalized spacial score (nSPS) is 14.2. The van der Waals surface area contributed by atoms with E-state index in [0.717, 1.165) is 16.5 Å². The average molecular weight is 616 g/mol. The second-order valence-corrected chi connectivity index (χ2v) is 10.7. The van der Waals surface area contributed by atoms with Gasteiger partial charge >= 0.3 is 0 Å². The number of benzene rings is 3. The minimum absolute atomic E-state index is 0.295. The third-order valence-electron chi connectivity index (χ3n) is 5.34. The lowest BCUT2D eigenvalue weighted by Gasteiger charge is -2.16. The molecule has 1 saturated heterocycles. The third-order valence-corrected chi connectivity index (χ3v) is 7.23. The van der Waals surface area contributed by atoms with Gasteiger partial charge in [-0.2, -0.15) is 0 Å². The van der Waals surface area contributed by atoms with Crippen LogP contribution in [0.4, 0.5) is 15.8 Å². The lowest BCUT2D eigenvalue weighted by Crippen LogP contribution is -2.27. The summed E-state index contributed by atoms with van der Waals surface area (Å²) >= 11 is 10.2. The molecule has 38 heavy (non-hydrogen) atoms. The van der Waals surface area contributed by atoms with Gasteiger partial charge in [-0.05, 0) is 95.5 Å². The van der Waals surface area contributed by atoms with E-state index in [-0.39, 0.29) is 5.91 Å². The molecule has 0 unspecified atom stereocenters. The molecule has 0 atom stereocenters. The molecule has 2 amide bonds. The second-order valence-electron chi connectivity index (χ2n) is 8.14. The maximum Gasteiger partial charge on any atom is 0.270 e. The Morgan fingerprint density at radius 1 is 1.13 bits per heavy atom. The molecule has 196 valence electrons. The molecule has 3 aromatic rings. The van der Waals surface area contributed by atoms with Gasteiger partial charge in [0.15, 0.2) is 15.8 Å². The van der Waals surface area contributed by atoms with Gasteiger partial charge < -0.3 is 14.8 Å². The Bertz CT molecular complexity index is 1410. The van der Waals surface area contributed by atoms with Crippen LogP contribution in [0.5, 0.6) is 11.5 Å². The van der Waals surface area contributed by atoms with Crippen molar-refractivity contribution in [2.75, 3.05) is 23.4 Å². The van der Waals surface area contributed by atoms with Crippen molar-refractivity contribution in [3.8, 4) is 11.5 Å². The summed E-state index contributed by atoms with van der Waals surface area (Å²) in [6, 6.07) is 15.8. The quantitative estimate of drug-likeness (QED) is 0.200. The Morgan fingerprint density at radius 3 is 2.61 bits per heavy atom. The number of halogens is 2. The molecule has 0 radical (unpaired) electrons. The number of amides is 2. The molecule has 1 N–H and O–H groups in total. The van der Waals surface area contributed by atoms with Crippen LogP contribution in [0.15, 0.2) is 70.0 Å². The van der Waals surface area contributed by atoms with E-state index < -0.39 is 11.7 Å². The van der Waals surface area contributed by atoms with Gasteiger partial charge in [-0.1, -0.05) is 37.0 Å². The standard InChI is InChI=1S/C28H24BrFN2O4S2/c1-3-12-36-25-22(29)13-17(14-23(25)35-4-2)15-24-27(34)32(28(37)38-24)21-7-5-6-18(16-21)26(33)31-20-10-8-19(30)9-11-20/h5-11,13-16H,3-4,12H2,1-2H3,(H,31,33)/b24-15+. The predicted molar refractivity (Wildman–Crippen MR) is 158 cm³/mol. The fraction of sp³-hybridized carbons (Fsp3) is 0.179. The van der Waals surface area contributed by atoms with E-state index in [9.17, 15) is 14.0 Å². The smallest absolute Gasteiger partial charge is 0.270 e. The van der Waals surface area contributed by atoms with Crippen LogP contribution in [0.2, 0.25) is 0 Å². The van der Waals surface area contributed by atoms with Crippen molar-refractivity contribution in [3.05, 3.63) is 87.0 Å². The van der Waals surface area contributed by atoms with Crippen molar-refractivity contribution in [2.24, 2.45) is 0 Å².